The van der Waals surface area contributed by atoms with Crippen LogP contribution in [0.2, 0.25) is 0 Å². The van der Waals surface area contributed by atoms with Crippen molar-refractivity contribution in [3.05, 3.63) is 61.1 Å². The largest absolute Gasteiger partial charge is 0.472 e. The van der Waals surface area contributed by atoms with Crippen molar-refractivity contribution in [2.45, 2.75) is 12.5 Å². The molecule has 1 fully saturated rings. The number of aromatic nitrogens is 3. The Balaban J connectivity index is 1.53. The number of rotatable bonds is 3. The highest BCUT2D eigenvalue weighted by Crippen LogP contribution is 2.32. The first kappa shape index (κ1) is 14.9. The standard InChI is InChI=1S/C19H16N4O3/c24-19(14-5-9-26-12-14)22-7-3-15(10-22)23-17(13-4-8-25-11-13)21-16-2-1-6-20-18(16)23/h1-2,4-6,8-9,11-12,15H,3,7,10H2. The van der Waals surface area contributed by atoms with Crippen molar-refractivity contribution in [1.82, 2.24) is 19.4 Å². The number of likely N-dealkylation sites (tertiary alicyclic amines) is 1. The van der Waals surface area contributed by atoms with E-state index in [1.54, 1.807) is 24.8 Å². The lowest BCUT2D eigenvalue weighted by Crippen LogP contribution is -2.28. The summed E-state index contributed by atoms with van der Waals surface area (Å²) >= 11 is 0. The minimum absolute atomic E-state index is 0.0107. The molecule has 5 rings (SSSR count). The Kier molecular flexibility index (Phi) is 3.38. The summed E-state index contributed by atoms with van der Waals surface area (Å²) in [6, 6.07) is 7.52. The van der Waals surface area contributed by atoms with E-state index in [4.69, 9.17) is 13.8 Å². The van der Waals surface area contributed by atoms with Crippen LogP contribution in [0.5, 0.6) is 0 Å². The van der Waals surface area contributed by atoms with Gasteiger partial charge in [-0.25, -0.2) is 9.97 Å². The van der Waals surface area contributed by atoms with Gasteiger partial charge in [0.15, 0.2) is 5.65 Å². The second-order valence-electron chi connectivity index (χ2n) is 6.37. The predicted molar refractivity (Wildman–Crippen MR) is 93.5 cm³/mol. The van der Waals surface area contributed by atoms with Gasteiger partial charge >= 0.3 is 0 Å². The van der Waals surface area contributed by atoms with Crippen LogP contribution in [-0.4, -0.2) is 38.4 Å². The van der Waals surface area contributed by atoms with E-state index in [1.165, 1.54) is 12.5 Å². The third-order valence-electron chi connectivity index (χ3n) is 4.81. The highest BCUT2D eigenvalue weighted by atomic mass is 16.3. The van der Waals surface area contributed by atoms with Crippen LogP contribution in [0.4, 0.5) is 0 Å². The van der Waals surface area contributed by atoms with Gasteiger partial charge in [0.1, 0.15) is 23.9 Å². The topological polar surface area (TPSA) is 77.3 Å². The summed E-state index contributed by atoms with van der Waals surface area (Å²) in [5.74, 6) is 0.804. The number of furan rings is 2. The molecule has 0 aliphatic carbocycles. The van der Waals surface area contributed by atoms with Gasteiger partial charge in [-0.3, -0.25) is 4.79 Å². The Hall–Kier alpha value is -3.35. The maximum Gasteiger partial charge on any atom is 0.257 e. The molecule has 1 unspecified atom stereocenters. The fourth-order valence-electron chi connectivity index (χ4n) is 3.58. The van der Waals surface area contributed by atoms with Gasteiger partial charge in [0, 0.05) is 19.3 Å². The van der Waals surface area contributed by atoms with Gasteiger partial charge in [0.05, 0.1) is 29.7 Å². The fourth-order valence-corrected chi connectivity index (χ4v) is 3.58. The number of amides is 1. The van der Waals surface area contributed by atoms with E-state index in [9.17, 15) is 4.79 Å². The quantitative estimate of drug-likeness (QED) is 0.567. The van der Waals surface area contributed by atoms with E-state index in [0.29, 0.717) is 18.7 Å². The van der Waals surface area contributed by atoms with E-state index in [0.717, 1.165) is 29.0 Å². The molecule has 0 radical (unpaired) electrons. The molecule has 7 nitrogen and oxygen atoms in total. The van der Waals surface area contributed by atoms with E-state index < -0.39 is 0 Å². The highest BCUT2D eigenvalue weighted by molar-refractivity contribution is 5.94. The predicted octanol–water partition coefficient (Wildman–Crippen LogP) is 3.37. The van der Waals surface area contributed by atoms with Gasteiger partial charge in [-0.05, 0) is 30.7 Å². The van der Waals surface area contributed by atoms with Crippen molar-refractivity contribution in [3.63, 3.8) is 0 Å². The van der Waals surface area contributed by atoms with Crippen LogP contribution < -0.4 is 0 Å². The zero-order chi connectivity index (χ0) is 17.5. The maximum absolute atomic E-state index is 12.6. The Morgan fingerprint density at radius 1 is 1.15 bits per heavy atom. The van der Waals surface area contributed by atoms with Crippen LogP contribution in [0.25, 0.3) is 22.6 Å². The van der Waals surface area contributed by atoms with Gasteiger partial charge in [-0.15, -0.1) is 0 Å². The van der Waals surface area contributed by atoms with Gasteiger partial charge in [-0.2, -0.15) is 0 Å². The molecule has 5 heterocycles. The number of hydrogen-bond acceptors (Lipinski definition) is 5. The van der Waals surface area contributed by atoms with Crippen molar-refractivity contribution < 1.29 is 13.6 Å². The Morgan fingerprint density at radius 2 is 2.04 bits per heavy atom. The van der Waals surface area contributed by atoms with Crippen LogP contribution in [0.3, 0.4) is 0 Å². The number of imidazole rings is 1. The lowest BCUT2D eigenvalue weighted by atomic mass is 10.2. The lowest BCUT2D eigenvalue weighted by Gasteiger charge is -2.18. The summed E-state index contributed by atoms with van der Waals surface area (Å²) in [6.07, 6.45) is 8.93. The van der Waals surface area contributed by atoms with E-state index in [1.807, 2.05) is 23.1 Å². The third-order valence-corrected chi connectivity index (χ3v) is 4.81. The van der Waals surface area contributed by atoms with Gasteiger partial charge in [0.2, 0.25) is 0 Å². The summed E-state index contributed by atoms with van der Waals surface area (Å²) in [5, 5.41) is 0. The van der Waals surface area contributed by atoms with Crippen LogP contribution in [0.1, 0.15) is 22.8 Å². The van der Waals surface area contributed by atoms with Crippen LogP contribution in [0, 0.1) is 0 Å². The van der Waals surface area contributed by atoms with E-state index in [-0.39, 0.29) is 11.9 Å². The van der Waals surface area contributed by atoms with E-state index >= 15 is 0 Å². The summed E-state index contributed by atoms with van der Waals surface area (Å²) in [6.45, 7) is 1.29. The molecule has 1 atom stereocenters. The van der Waals surface area contributed by atoms with Gasteiger partial charge in [0.25, 0.3) is 5.91 Å². The lowest BCUT2D eigenvalue weighted by molar-refractivity contribution is 0.0787. The second kappa shape index (κ2) is 5.87. The van der Waals surface area contributed by atoms with Crippen molar-refractivity contribution >= 4 is 17.1 Å². The molecule has 7 heteroatoms. The molecule has 1 aliphatic heterocycles. The van der Waals surface area contributed by atoms with Crippen molar-refractivity contribution in [1.29, 1.82) is 0 Å². The number of pyridine rings is 1. The Morgan fingerprint density at radius 3 is 2.85 bits per heavy atom. The molecule has 130 valence electrons. The molecule has 1 aliphatic rings. The normalized spacial score (nSPS) is 17.2. The summed E-state index contributed by atoms with van der Waals surface area (Å²) in [7, 11) is 0. The van der Waals surface area contributed by atoms with Crippen LogP contribution >= 0.6 is 0 Å². The summed E-state index contributed by atoms with van der Waals surface area (Å²) in [5.41, 5.74) is 3.14. The molecular formula is C19H16N4O3. The average Bonchev–Trinajstić information content (AvgIpc) is 3.47. The summed E-state index contributed by atoms with van der Waals surface area (Å²) in [4.78, 5) is 23.7. The molecular weight excluding hydrogens is 332 g/mol. The SMILES string of the molecule is O=C(c1ccoc1)N1CCC(n2c(-c3ccoc3)nc3cccnc32)C1. The molecule has 0 N–H and O–H groups in total. The first-order chi connectivity index (χ1) is 12.8. The molecule has 1 amide bonds. The first-order valence-electron chi connectivity index (χ1n) is 8.48. The summed E-state index contributed by atoms with van der Waals surface area (Å²) < 4.78 is 12.4. The molecule has 0 bridgehead atoms. The maximum atomic E-state index is 12.6. The minimum atomic E-state index is -0.0107. The van der Waals surface area contributed by atoms with Gasteiger partial charge < -0.3 is 18.3 Å². The number of hydrogen-bond donors (Lipinski definition) is 0. The number of carbonyl (C=O) groups is 1. The zero-order valence-corrected chi connectivity index (χ0v) is 13.9. The van der Waals surface area contributed by atoms with Gasteiger partial charge in [-0.1, -0.05) is 0 Å². The minimum Gasteiger partial charge on any atom is -0.472 e. The number of carbonyl (C=O) groups excluding carboxylic acids is 1. The number of fused-ring (bicyclic) bond motifs is 1. The molecule has 0 spiro atoms. The third kappa shape index (κ3) is 2.32. The molecule has 0 aromatic carbocycles. The second-order valence-corrected chi connectivity index (χ2v) is 6.37. The highest BCUT2D eigenvalue weighted by Gasteiger charge is 2.31. The smallest absolute Gasteiger partial charge is 0.257 e. The Bertz CT molecular complexity index is 1050. The van der Waals surface area contributed by atoms with Crippen molar-refractivity contribution in [2.24, 2.45) is 0 Å². The number of nitrogens with zero attached hydrogens (tertiary/aromatic N) is 4. The average molecular weight is 348 g/mol. The molecule has 1 saturated heterocycles. The molecule has 4 aromatic rings. The molecule has 4 aromatic heterocycles. The Labute approximate surface area is 148 Å². The fraction of sp³-hybridized carbons (Fsp3) is 0.211. The zero-order valence-electron chi connectivity index (χ0n) is 13.9. The van der Waals surface area contributed by atoms with Crippen LogP contribution in [0.15, 0.2) is 64.3 Å². The first-order valence-corrected chi connectivity index (χ1v) is 8.48. The molecule has 0 saturated carbocycles. The monoisotopic (exact) mass is 348 g/mol. The molecule has 26 heavy (non-hydrogen) atoms. The van der Waals surface area contributed by atoms with Crippen molar-refractivity contribution in [2.75, 3.05) is 13.1 Å². The van der Waals surface area contributed by atoms with E-state index in [2.05, 4.69) is 9.55 Å². The van der Waals surface area contributed by atoms with Crippen molar-refractivity contribution in [3.8, 4) is 11.4 Å². The van der Waals surface area contributed by atoms with Crippen LogP contribution in [-0.2, 0) is 0 Å².